The summed E-state index contributed by atoms with van der Waals surface area (Å²) in [5, 5.41) is 2.77. The number of nitrogens with one attached hydrogen (secondary N) is 1. The van der Waals surface area contributed by atoms with Crippen LogP contribution in [-0.4, -0.2) is 24.9 Å². The van der Waals surface area contributed by atoms with Gasteiger partial charge in [0.25, 0.3) is 5.91 Å². The van der Waals surface area contributed by atoms with Gasteiger partial charge in [-0.1, -0.05) is 23.7 Å². The van der Waals surface area contributed by atoms with E-state index in [1.54, 1.807) is 6.07 Å². The number of benzene rings is 2. The second-order valence-corrected chi connectivity index (χ2v) is 5.34. The van der Waals surface area contributed by atoms with Crippen molar-refractivity contribution in [1.29, 1.82) is 0 Å². The summed E-state index contributed by atoms with van der Waals surface area (Å²) in [6.07, 6.45) is 0. The molecular formula is C17H14ClF2NO4. The molecule has 0 bridgehead atoms. The van der Waals surface area contributed by atoms with E-state index < -0.39 is 19.1 Å². The first-order valence-electron chi connectivity index (χ1n) is 7.14. The molecule has 0 atom stereocenters. The Morgan fingerprint density at radius 3 is 2.56 bits per heavy atom. The Morgan fingerprint density at radius 1 is 1.16 bits per heavy atom. The molecule has 2 aromatic rings. The van der Waals surface area contributed by atoms with Crippen molar-refractivity contribution >= 4 is 29.0 Å². The number of para-hydroxylation sites is 2. The lowest BCUT2D eigenvalue weighted by Gasteiger charge is -2.13. The standard InChI is InChI=1S/C17H14ClF2NO4/c1-10(22)12-8-11(18)6-7-14(12)24-9-16(23)21-13-4-2-3-5-15(13)25-17(19)20/h2-8,17H,9H2,1H3,(H,21,23). The SMILES string of the molecule is CC(=O)c1cc(Cl)ccc1OCC(=O)Nc1ccccc1OC(F)F. The number of carbonyl (C=O) groups is 2. The molecule has 0 unspecified atom stereocenters. The lowest BCUT2D eigenvalue weighted by molar-refractivity contribution is -0.118. The van der Waals surface area contributed by atoms with Crippen LogP contribution in [0.3, 0.4) is 0 Å². The van der Waals surface area contributed by atoms with E-state index in [0.29, 0.717) is 5.02 Å². The van der Waals surface area contributed by atoms with Gasteiger partial charge in [0, 0.05) is 5.02 Å². The van der Waals surface area contributed by atoms with Crippen LogP contribution < -0.4 is 14.8 Å². The zero-order chi connectivity index (χ0) is 18.4. The van der Waals surface area contributed by atoms with Gasteiger partial charge in [-0.3, -0.25) is 9.59 Å². The highest BCUT2D eigenvalue weighted by Gasteiger charge is 2.14. The number of ether oxygens (including phenoxy) is 2. The van der Waals surface area contributed by atoms with E-state index in [0.717, 1.165) is 0 Å². The Kier molecular flexibility index (Phi) is 6.30. The highest BCUT2D eigenvalue weighted by atomic mass is 35.5. The van der Waals surface area contributed by atoms with E-state index in [9.17, 15) is 18.4 Å². The van der Waals surface area contributed by atoms with Crippen LogP contribution >= 0.6 is 11.6 Å². The molecule has 0 spiro atoms. The lowest BCUT2D eigenvalue weighted by atomic mass is 10.1. The van der Waals surface area contributed by atoms with Gasteiger partial charge >= 0.3 is 6.61 Å². The molecule has 0 radical (unpaired) electrons. The van der Waals surface area contributed by atoms with Gasteiger partial charge in [-0.25, -0.2) is 0 Å². The molecular weight excluding hydrogens is 356 g/mol. The minimum absolute atomic E-state index is 0.0827. The molecule has 2 rings (SSSR count). The first-order chi connectivity index (χ1) is 11.9. The molecule has 0 fully saturated rings. The Balaban J connectivity index is 2.04. The Bertz CT molecular complexity index is 783. The molecule has 8 heteroatoms. The zero-order valence-corrected chi connectivity index (χ0v) is 13.8. The van der Waals surface area contributed by atoms with E-state index in [2.05, 4.69) is 10.1 Å². The molecule has 0 aliphatic heterocycles. The van der Waals surface area contributed by atoms with Crippen molar-refractivity contribution in [2.75, 3.05) is 11.9 Å². The van der Waals surface area contributed by atoms with Crippen LogP contribution in [0, 0.1) is 0 Å². The molecule has 0 heterocycles. The average Bonchev–Trinajstić information content (AvgIpc) is 2.55. The molecule has 0 saturated heterocycles. The fraction of sp³-hybridized carbons (Fsp3) is 0.176. The third kappa shape index (κ3) is 5.42. The highest BCUT2D eigenvalue weighted by Crippen LogP contribution is 2.26. The summed E-state index contributed by atoms with van der Waals surface area (Å²) in [6.45, 7) is -2.09. The number of carbonyl (C=O) groups excluding carboxylic acids is 2. The Morgan fingerprint density at radius 2 is 1.88 bits per heavy atom. The number of anilines is 1. The second kappa shape index (κ2) is 8.43. The summed E-state index contributed by atoms with van der Waals surface area (Å²) in [7, 11) is 0. The van der Waals surface area contributed by atoms with Crippen molar-refractivity contribution in [2.45, 2.75) is 13.5 Å². The van der Waals surface area contributed by atoms with Crippen LogP contribution in [0.4, 0.5) is 14.5 Å². The maximum atomic E-state index is 12.4. The molecule has 25 heavy (non-hydrogen) atoms. The monoisotopic (exact) mass is 369 g/mol. The van der Waals surface area contributed by atoms with Crippen LogP contribution in [0.2, 0.25) is 5.02 Å². The smallest absolute Gasteiger partial charge is 0.387 e. The summed E-state index contributed by atoms with van der Waals surface area (Å²) < 4.78 is 34.4. The molecule has 0 aromatic heterocycles. The minimum Gasteiger partial charge on any atom is -0.483 e. The Labute approximate surface area is 147 Å². The molecule has 0 aliphatic carbocycles. The van der Waals surface area contributed by atoms with Crippen LogP contribution in [0.15, 0.2) is 42.5 Å². The number of ketones is 1. The van der Waals surface area contributed by atoms with Crippen molar-refractivity contribution in [2.24, 2.45) is 0 Å². The number of halogens is 3. The fourth-order valence-corrected chi connectivity index (χ4v) is 2.17. The van der Waals surface area contributed by atoms with Gasteiger partial charge in [0.15, 0.2) is 12.4 Å². The Hall–Kier alpha value is -2.67. The largest absolute Gasteiger partial charge is 0.483 e. The van der Waals surface area contributed by atoms with Gasteiger partial charge in [0.1, 0.15) is 11.5 Å². The van der Waals surface area contributed by atoms with Crippen LogP contribution in [0.5, 0.6) is 11.5 Å². The molecule has 1 N–H and O–H groups in total. The lowest BCUT2D eigenvalue weighted by Crippen LogP contribution is -2.21. The molecule has 0 saturated carbocycles. The maximum absolute atomic E-state index is 12.4. The van der Waals surface area contributed by atoms with E-state index in [1.165, 1.54) is 43.3 Å². The van der Waals surface area contributed by atoms with Crippen LogP contribution in [0.25, 0.3) is 0 Å². The third-order valence-corrected chi connectivity index (χ3v) is 3.29. The fourth-order valence-electron chi connectivity index (χ4n) is 2.00. The third-order valence-electron chi connectivity index (χ3n) is 3.06. The van der Waals surface area contributed by atoms with Gasteiger partial charge < -0.3 is 14.8 Å². The summed E-state index contributed by atoms with van der Waals surface area (Å²) >= 11 is 5.83. The van der Waals surface area contributed by atoms with Gasteiger partial charge in [-0.05, 0) is 37.3 Å². The first kappa shape index (κ1) is 18.7. The number of hydrogen-bond acceptors (Lipinski definition) is 4. The van der Waals surface area contributed by atoms with Crippen LogP contribution in [0.1, 0.15) is 17.3 Å². The molecule has 1 amide bonds. The van der Waals surface area contributed by atoms with E-state index in [1.807, 2.05) is 0 Å². The molecule has 0 aliphatic rings. The summed E-state index contributed by atoms with van der Waals surface area (Å²) in [6, 6.07) is 10.2. The van der Waals surface area contributed by atoms with Crippen molar-refractivity contribution < 1.29 is 27.8 Å². The normalized spacial score (nSPS) is 10.4. The first-order valence-corrected chi connectivity index (χ1v) is 7.51. The number of alkyl halides is 2. The summed E-state index contributed by atoms with van der Waals surface area (Å²) in [5.41, 5.74) is 0.320. The predicted molar refractivity (Wildman–Crippen MR) is 88.7 cm³/mol. The summed E-state index contributed by atoms with van der Waals surface area (Å²) in [5.74, 6) is -0.839. The van der Waals surface area contributed by atoms with Gasteiger partial charge in [-0.15, -0.1) is 0 Å². The topological polar surface area (TPSA) is 64.6 Å². The van der Waals surface area contributed by atoms with Crippen LogP contribution in [-0.2, 0) is 4.79 Å². The predicted octanol–water partition coefficient (Wildman–Crippen LogP) is 4.16. The van der Waals surface area contributed by atoms with E-state index >= 15 is 0 Å². The number of hydrogen-bond donors (Lipinski definition) is 1. The zero-order valence-electron chi connectivity index (χ0n) is 13.1. The van der Waals surface area contributed by atoms with E-state index in [-0.39, 0.29) is 28.5 Å². The van der Waals surface area contributed by atoms with Gasteiger partial charge in [-0.2, -0.15) is 8.78 Å². The van der Waals surface area contributed by atoms with Gasteiger partial charge in [0.05, 0.1) is 11.3 Å². The average molecular weight is 370 g/mol. The van der Waals surface area contributed by atoms with Crippen molar-refractivity contribution in [3.8, 4) is 11.5 Å². The maximum Gasteiger partial charge on any atom is 0.387 e. The number of Topliss-reactive ketones (excluding diaryl/α,β-unsaturated/α-hetero) is 1. The van der Waals surface area contributed by atoms with Crippen molar-refractivity contribution in [1.82, 2.24) is 0 Å². The van der Waals surface area contributed by atoms with Crippen molar-refractivity contribution in [3.63, 3.8) is 0 Å². The number of amides is 1. The van der Waals surface area contributed by atoms with Crippen molar-refractivity contribution in [3.05, 3.63) is 53.1 Å². The second-order valence-electron chi connectivity index (χ2n) is 4.91. The van der Waals surface area contributed by atoms with Gasteiger partial charge in [0.2, 0.25) is 0 Å². The molecule has 5 nitrogen and oxygen atoms in total. The van der Waals surface area contributed by atoms with E-state index in [4.69, 9.17) is 16.3 Å². The molecule has 2 aromatic carbocycles. The number of rotatable bonds is 7. The molecule has 132 valence electrons. The quantitative estimate of drug-likeness (QED) is 0.744. The highest BCUT2D eigenvalue weighted by molar-refractivity contribution is 6.31. The minimum atomic E-state index is -3.01. The summed E-state index contributed by atoms with van der Waals surface area (Å²) in [4.78, 5) is 23.6.